The molecule has 0 fully saturated rings. The van der Waals surface area contributed by atoms with Crippen molar-refractivity contribution in [2.75, 3.05) is 11.9 Å². The number of carbonyl (C=O) groups is 1. The average Bonchev–Trinajstić information content (AvgIpc) is 3.45. The zero-order valence-electron chi connectivity index (χ0n) is 17.5. The van der Waals surface area contributed by atoms with E-state index in [1.807, 2.05) is 0 Å². The third-order valence-corrected chi connectivity index (χ3v) is 7.44. The molecule has 33 heavy (non-hydrogen) atoms. The Bertz CT molecular complexity index is 1540. The second kappa shape index (κ2) is 7.90. The minimum absolute atomic E-state index is 0.0263. The molecule has 7 heteroatoms. The predicted octanol–water partition coefficient (Wildman–Crippen LogP) is 7.43. The van der Waals surface area contributed by atoms with Gasteiger partial charge in [-0.2, -0.15) is 0 Å². The maximum Gasteiger partial charge on any atom is 0.322 e. The van der Waals surface area contributed by atoms with Crippen LogP contribution in [0.4, 0.5) is 14.9 Å². The molecular formula is C26H19ClFN3OS. The van der Waals surface area contributed by atoms with Crippen LogP contribution < -0.4 is 5.32 Å². The molecular weight excluding hydrogens is 457 g/mol. The van der Waals surface area contributed by atoms with Crippen LogP contribution in [0.5, 0.6) is 0 Å². The number of anilines is 1. The monoisotopic (exact) mass is 475 g/mol. The molecule has 2 aromatic heterocycles. The molecule has 2 amide bonds. The first-order valence-corrected chi connectivity index (χ1v) is 11.9. The summed E-state index contributed by atoms with van der Waals surface area (Å²) in [7, 11) is 0. The lowest BCUT2D eigenvalue weighted by atomic mass is 9.94. The van der Waals surface area contributed by atoms with Crippen molar-refractivity contribution in [1.29, 1.82) is 0 Å². The number of hydrogen-bond donors (Lipinski definition) is 2. The van der Waals surface area contributed by atoms with Gasteiger partial charge in [0.25, 0.3) is 0 Å². The van der Waals surface area contributed by atoms with Crippen molar-refractivity contribution in [2.24, 2.45) is 0 Å². The summed E-state index contributed by atoms with van der Waals surface area (Å²) in [5.74, 6) is -0.494. The van der Waals surface area contributed by atoms with E-state index in [1.54, 1.807) is 22.4 Å². The van der Waals surface area contributed by atoms with Crippen molar-refractivity contribution in [3.8, 4) is 11.1 Å². The summed E-state index contributed by atoms with van der Waals surface area (Å²) in [4.78, 5) is 17.7. The van der Waals surface area contributed by atoms with Crippen LogP contribution in [0.2, 0.25) is 5.02 Å². The lowest BCUT2D eigenvalue weighted by molar-refractivity contribution is 0.206. The van der Waals surface area contributed by atoms with Gasteiger partial charge in [0.15, 0.2) is 0 Å². The highest BCUT2D eigenvalue weighted by molar-refractivity contribution is 7.17. The fourth-order valence-corrected chi connectivity index (χ4v) is 5.40. The molecule has 164 valence electrons. The highest BCUT2D eigenvalue weighted by atomic mass is 35.5. The standard InChI is InChI=1S/C26H19ClFN3OS/c27-21-11-20-23(12-22(21)28)29-13-24(20)30-26(32)31-7-5-17-9-15(1-2-19(17)14-31)16-3-4-25-18(10-16)6-8-33-25/h1-4,6,8-13,29H,5,7,14H2,(H,30,32). The van der Waals surface area contributed by atoms with Crippen molar-refractivity contribution < 1.29 is 9.18 Å². The van der Waals surface area contributed by atoms with Gasteiger partial charge >= 0.3 is 6.03 Å². The summed E-state index contributed by atoms with van der Waals surface area (Å²) in [6.07, 6.45) is 2.45. The highest BCUT2D eigenvalue weighted by Gasteiger charge is 2.22. The summed E-state index contributed by atoms with van der Waals surface area (Å²) in [6, 6.07) is 17.9. The van der Waals surface area contributed by atoms with Crippen LogP contribution in [-0.4, -0.2) is 22.5 Å². The van der Waals surface area contributed by atoms with Crippen LogP contribution in [0.1, 0.15) is 11.1 Å². The number of thiophene rings is 1. The van der Waals surface area contributed by atoms with Gasteiger partial charge in [-0.25, -0.2) is 9.18 Å². The Balaban J connectivity index is 1.21. The molecule has 1 aliphatic rings. The van der Waals surface area contributed by atoms with Gasteiger partial charge in [-0.1, -0.05) is 35.9 Å². The Morgan fingerprint density at radius 2 is 1.91 bits per heavy atom. The topological polar surface area (TPSA) is 48.1 Å². The Morgan fingerprint density at radius 3 is 2.82 bits per heavy atom. The molecule has 0 atom stereocenters. The lowest BCUT2D eigenvalue weighted by Gasteiger charge is -2.29. The van der Waals surface area contributed by atoms with E-state index in [4.69, 9.17) is 11.6 Å². The van der Waals surface area contributed by atoms with Crippen molar-refractivity contribution in [3.63, 3.8) is 0 Å². The number of halogens is 2. The zero-order valence-corrected chi connectivity index (χ0v) is 19.1. The number of amides is 2. The first-order valence-electron chi connectivity index (χ1n) is 10.7. The zero-order chi connectivity index (χ0) is 22.5. The normalized spacial score (nSPS) is 13.5. The van der Waals surface area contributed by atoms with Gasteiger partial charge < -0.3 is 15.2 Å². The highest BCUT2D eigenvalue weighted by Crippen LogP contribution is 2.31. The van der Waals surface area contributed by atoms with Gasteiger partial charge in [0.05, 0.1) is 16.2 Å². The average molecular weight is 476 g/mol. The first-order chi connectivity index (χ1) is 16.0. The molecule has 0 saturated heterocycles. The van der Waals surface area contributed by atoms with Crippen molar-refractivity contribution in [2.45, 2.75) is 13.0 Å². The van der Waals surface area contributed by atoms with Crippen LogP contribution in [0.25, 0.3) is 32.1 Å². The predicted molar refractivity (Wildman–Crippen MR) is 134 cm³/mol. The number of carbonyl (C=O) groups excluding carboxylic acids is 1. The van der Waals surface area contributed by atoms with E-state index in [0.29, 0.717) is 29.7 Å². The number of urea groups is 1. The summed E-state index contributed by atoms with van der Waals surface area (Å²) in [5.41, 5.74) is 6.00. The summed E-state index contributed by atoms with van der Waals surface area (Å²) in [6.45, 7) is 1.17. The molecule has 0 aliphatic carbocycles. The van der Waals surface area contributed by atoms with Crippen LogP contribution in [0.15, 0.2) is 66.2 Å². The fourth-order valence-electron chi connectivity index (χ4n) is 4.47. The van der Waals surface area contributed by atoms with E-state index in [1.165, 1.54) is 38.9 Å². The van der Waals surface area contributed by atoms with Gasteiger partial charge in [-0.05, 0) is 69.8 Å². The van der Waals surface area contributed by atoms with E-state index in [2.05, 4.69) is 58.1 Å². The number of fused-ring (bicyclic) bond motifs is 3. The molecule has 3 heterocycles. The number of H-pyrrole nitrogens is 1. The number of nitrogens with one attached hydrogen (secondary N) is 2. The smallest absolute Gasteiger partial charge is 0.322 e. The summed E-state index contributed by atoms with van der Waals surface area (Å²) >= 11 is 7.68. The quantitative estimate of drug-likeness (QED) is 0.274. The van der Waals surface area contributed by atoms with Crippen LogP contribution >= 0.6 is 22.9 Å². The second-order valence-electron chi connectivity index (χ2n) is 8.27. The van der Waals surface area contributed by atoms with E-state index < -0.39 is 5.82 Å². The maximum atomic E-state index is 13.7. The number of rotatable bonds is 2. The Morgan fingerprint density at radius 1 is 1.06 bits per heavy atom. The SMILES string of the molecule is O=C(Nc1c[nH]c2cc(F)c(Cl)cc12)N1CCc2cc(-c3ccc4sccc4c3)ccc2C1. The largest absolute Gasteiger partial charge is 0.359 e. The number of benzene rings is 3. The maximum absolute atomic E-state index is 13.7. The van der Waals surface area contributed by atoms with Crippen molar-refractivity contribution in [1.82, 2.24) is 9.88 Å². The van der Waals surface area contributed by atoms with Gasteiger partial charge in [0.1, 0.15) is 5.82 Å². The van der Waals surface area contributed by atoms with E-state index in [-0.39, 0.29) is 11.1 Å². The molecule has 2 N–H and O–H groups in total. The number of aromatic nitrogens is 1. The van der Waals surface area contributed by atoms with Crippen LogP contribution in [-0.2, 0) is 13.0 Å². The molecule has 0 unspecified atom stereocenters. The molecule has 1 aliphatic heterocycles. The number of aromatic amines is 1. The Kier molecular flexibility index (Phi) is 4.85. The second-order valence-corrected chi connectivity index (χ2v) is 9.63. The van der Waals surface area contributed by atoms with Gasteiger partial charge in [-0.15, -0.1) is 11.3 Å². The number of nitrogens with zero attached hydrogens (tertiary/aromatic N) is 1. The molecule has 0 spiro atoms. The minimum atomic E-state index is -0.494. The molecule has 3 aromatic carbocycles. The Hall–Kier alpha value is -3.35. The molecule has 0 bridgehead atoms. The van der Waals surface area contributed by atoms with E-state index in [0.717, 1.165) is 12.0 Å². The van der Waals surface area contributed by atoms with Crippen LogP contribution in [0.3, 0.4) is 0 Å². The summed E-state index contributed by atoms with van der Waals surface area (Å²) in [5, 5.41) is 7.02. The van der Waals surface area contributed by atoms with E-state index >= 15 is 0 Å². The van der Waals surface area contributed by atoms with Gasteiger partial charge in [-0.3, -0.25) is 0 Å². The molecule has 5 aromatic rings. The third kappa shape index (κ3) is 3.65. The summed E-state index contributed by atoms with van der Waals surface area (Å²) < 4.78 is 15.0. The molecule has 4 nitrogen and oxygen atoms in total. The Labute approximate surface area is 198 Å². The first kappa shape index (κ1) is 20.3. The van der Waals surface area contributed by atoms with Gasteiger partial charge in [0.2, 0.25) is 0 Å². The molecule has 0 saturated carbocycles. The lowest BCUT2D eigenvalue weighted by Crippen LogP contribution is -2.38. The molecule has 0 radical (unpaired) electrons. The van der Waals surface area contributed by atoms with Crippen LogP contribution in [0, 0.1) is 5.82 Å². The minimum Gasteiger partial charge on any atom is -0.359 e. The van der Waals surface area contributed by atoms with E-state index in [9.17, 15) is 9.18 Å². The number of hydrogen-bond acceptors (Lipinski definition) is 2. The van der Waals surface area contributed by atoms with Crippen molar-refractivity contribution >= 4 is 55.6 Å². The third-order valence-electron chi connectivity index (χ3n) is 6.26. The van der Waals surface area contributed by atoms with Gasteiger partial charge in [0, 0.05) is 29.4 Å². The van der Waals surface area contributed by atoms with Crippen molar-refractivity contribution in [3.05, 3.63) is 88.1 Å². The fraction of sp³-hybridized carbons (Fsp3) is 0.115. The molecule has 6 rings (SSSR count).